The Kier molecular flexibility index (Phi) is 4.78. The van der Waals surface area contributed by atoms with Crippen LogP contribution in [0.25, 0.3) is 0 Å². The molecule has 1 aromatic carbocycles. The third-order valence-corrected chi connectivity index (χ3v) is 4.39. The molecule has 0 aliphatic carbocycles. The molecule has 1 atom stereocenters. The van der Waals surface area contributed by atoms with E-state index in [1.807, 2.05) is 36.5 Å². The lowest BCUT2D eigenvalue weighted by molar-refractivity contribution is 0.444. The van der Waals surface area contributed by atoms with Crippen molar-refractivity contribution in [3.63, 3.8) is 0 Å². The normalized spacial score (nSPS) is 18.3. The average Bonchev–Trinajstić information content (AvgIpc) is 2.54. The number of rotatable bonds is 4. The van der Waals surface area contributed by atoms with Crippen molar-refractivity contribution >= 4 is 23.4 Å². The summed E-state index contributed by atoms with van der Waals surface area (Å²) < 4.78 is 0. The largest absolute Gasteiger partial charge is 0.356 e. The first kappa shape index (κ1) is 15.1. The monoisotopic (exact) mass is 316 g/mol. The Morgan fingerprint density at radius 2 is 2.18 bits per heavy atom. The zero-order chi connectivity index (χ0) is 15.4. The summed E-state index contributed by atoms with van der Waals surface area (Å²) in [5.74, 6) is 2.38. The number of hydrogen-bond donors (Lipinski definition) is 1. The lowest BCUT2D eigenvalue weighted by atomic mass is 10.0. The van der Waals surface area contributed by atoms with Crippen molar-refractivity contribution in [1.29, 1.82) is 0 Å². The molecule has 1 fully saturated rings. The Balaban J connectivity index is 1.67. The van der Waals surface area contributed by atoms with E-state index in [1.54, 1.807) is 0 Å². The molecule has 1 saturated heterocycles. The van der Waals surface area contributed by atoms with Gasteiger partial charge >= 0.3 is 0 Å². The van der Waals surface area contributed by atoms with Crippen LogP contribution in [-0.4, -0.2) is 23.1 Å². The predicted molar refractivity (Wildman–Crippen MR) is 91.4 cm³/mol. The Morgan fingerprint density at radius 1 is 1.32 bits per heavy atom. The van der Waals surface area contributed by atoms with E-state index in [0.717, 1.165) is 35.4 Å². The van der Waals surface area contributed by atoms with Crippen molar-refractivity contribution in [2.75, 3.05) is 23.3 Å². The molecule has 0 amide bonds. The van der Waals surface area contributed by atoms with Crippen LogP contribution in [0.1, 0.15) is 25.3 Å². The molecule has 116 valence electrons. The van der Waals surface area contributed by atoms with E-state index in [0.29, 0.717) is 12.5 Å². The predicted octanol–water partition coefficient (Wildman–Crippen LogP) is 3.98. The van der Waals surface area contributed by atoms with Gasteiger partial charge in [0.2, 0.25) is 5.95 Å². The highest BCUT2D eigenvalue weighted by Crippen LogP contribution is 2.22. The summed E-state index contributed by atoms with van der Waals surface area (Å²) >= 11 is 6.17. The van der Waals surface area contributed by atoms with E-state index in [-0.39, 0.29) is 0 Å². The second-order valence-corrected chi connectivity index (χ2v) is 6.28. The van der Waals surface area contributed by atoms with Gasteiger partial charge in [-0.05, 0) is 36.5 Å². The molecule has 5 heteroatoms. The molecule has 22 heavy (non-hydrogen) atoms. The van der Waals surface area contributed by atoms with E-state index in [4.69, 9.17) is 11.6 Å². The van der Waals surface area contributed by atoms with Crippen LogP contribution in [0.5, 0.6) is 0 Å². The van der Waals surface area contributed by atoms with Crippen LogP contribution >= 0.6 is 11.6 Å². The third-order valence-electron chi connectivity index (χ3n) is 4.02. The molecule has 2 aromatic rings. The van der Waals surface area contributed by atoms with Gasteiger partial charge in [0.1, 0.15) is 5.82 Å². The van der Waals surface area contributed by atoms with Gasteiger partial charge in [-0.25, -0.2) is 4.98 Å². The van der Waals surface area contributed by atoms with Gasteiger partial charge < -0.3 is 10.2 Å². The number of hydrogen-bond acceptors (Lipinski definition) is 4. The summed E-state index contributed by atoms with van der Waals surface area (Å²) in [6.45, 7) is 5.07. The quantitative estimate of drug-likeness (QED) is 0.926. The molecular weight excluding hydrogens is 296 g/mol. The summed E-state index contributed by atoms with van der Waals surface area (Å²) in [5, 5.41) is 4.02. The number of piperidine rings is 1. The molecule has 4 nitrogen and oxygen atoms in total. The van der Waals surface area contributed by atoms with Crippen LogP contribution in [0, 0.1) is 5.92 Å². The maximum absolute atomic E-state index is 6.17. The molecule has 1 N–H and O–H groups in total. The zero-order valence-electron chi connectivity index (χ0n) is 12.8. The number of nitrogens with one attached hydrogen (secondary N) is 1. The number of aromatic nitrogens is 2. The van der Waals surface area contributed by atoms with Crippen LogP contribution in [0.3, 0.4) is 0 Å². The fourth-order valence-corrected chi connectivity index (χ4v) is 3.03. The minimum atomic E-state index is 0.625. The topological polar surface area (TPSA) is 41.1 Å². The number of benzene rings is 1. The van der Waals surface area contributed by atoms with Crippen molar-refractivity contribution in [1.82, 2.24) is 9.97 Å². The summed E-state index contributed by atoms with van der Waals surface area (Å²) in [5.41, 5.74) is 1.05. The number of anilines is 2. The molecule has 2 heterocycles. The maximum atomic E-state index is 6.17. The van der Waals surface area contributed by atoms with E-state index >= 15 is 0 Å². The molecular formula is C17H21ClN4. The standard InChI is InChI=1S/C17H21ClN4/c1-13-5-4-10-22(12-13)16-8-9-19-17(21-16)20-11-14-6-2-3-7-15(14)18/h2-3,6-9,13H,4-5,10-12H2,1H3,(H,19,20,21). The first-order valence-corrected chi connectivity index (χ1v) is 8.15. The van der Waals surface area contributed by atoms with Gasteiger partial charge in [0.05, 0.1) is 0 Å². The second kappa shape index (κ2) is 6.97. The lowest BCUT2D eigenvalue weighted by Gasteiger charge is -2.31. The van der Waals surface area contributed by atoms with Crippen LogP contribution in [0.4, 0.5) is 11.8 Å². The smallest absolute Gasteiger partial charge is 0.224 e. The van der Waals surface area contributed by atoms with Crippen LogP contribution < -0.4 is 10.2 Å². The summed E-state index contributed by atoms with van der Waals surface area (Å²) in [6, 6.07) is 9.80. The van der Waals surface area contributed by atoms with Crippen molar-refractivity contribution in [3.05, 3.63) is 47.1 Å². The number of halogens is 1. The highest BCUT2D eigenvalue weighted by molar-refractivity contribution is 6.31. The summed E-state index contributed by atoms with van der Waals surface area (Å²) in [6.07, 6.45) is 4.35. The fourth-order valence-electron chi connectivity index (χ4n) is 2.82. The molecule has 1 unspecified atom stereocenters. The summed E-state index contributed by atoms with van der Waals surface area (Å²) in [7, 11) is 0. The third kappa shape index (κ3) is 3.69. The molecule has 1 aromatic heterocycles. The maximum Gasteiger partial charge on any atom is 0.224 e. The van der Waals surface area contributed by atoms with E-state index in [1.165, 1.54) is 12.8 Å². The van der Waals surface area contributed by atoms with Crippen molar-refractivity contribution < 1.29 is 0 Å². The van der Waals surface area contributed by atoms with Gasteiger partial charge in [0, 0.05) is 30.9 Å². The van der Waals surface area contributed by atoms with Gasteiger partial charge in [-0.2, -0.15) is 4.98 Å². The molecule has 0 bridgehead atoms. The van der Waals surface area contributed by atoms with E-state index < -0.39 is 0 Å². The van der Waals surface area contributed by atoms with Crippen LogP contribution in [0.15, 0.2) is 36.5 Å². The van der Waals surface area contributed by atoms with Crippen molar-refractivity contribution in [2.24, 2.45) is 5.92 Å². The molecule has 0 radical (unpaired) electrons. The van der Waals surface area contributed by atoms with Gasteiger partial charge in [-0.3, -0.25) is 0 Å². The van der Waals surface area contributed by atoms with Gasteiger partial charge in [-0.15, -0.1) is 0 Å². The Bertz CT molecular complexity index is 632. The van der Waals surface area contributed by atoms with Gasteiger partial charge in [0.15, 0.2) is 0 Å². The molecule has 1 aliphatic heterocycles. The van der Waals surface area contributed by atoms with E-state index in [9.17, 15) is 0 Å². The minimum Gasteiger partial charge on any atom is -0.356 e. The van der Waals surface area contributed by atoms with Crippen molar-refractivity contribution in [2.45, 2.75) is 26.3 Å². The Hall–Kier alpha value is -1.81. The molecule has 3 rings (SSSR count). The fraction of sp³-hybridized carbons (Fsp3) is 0.412. The lowest BCUT2D eigenvalue weighted by Crippen LogP contribution is -2.34. The first-order chi connectivity index (χ1) is 10.7. The number of nitrogens with zero attached hydrogens (tertiary/aromatic N) is 3. The highest BCUT2D eigenvalue weighted by atomic mass is 35.5. The minimum absolute atomic E-state index is 0.625. The molecule has 0 saturated carbocycles. The molecule has 0 spiro atoms. The van der Waals surface area contributed by atoms with Crippen molar-refractivity contribution in [3.8, 4) is 0 Å². The van der Waals surface area contributed by atoms with Gasteiger partial charge in [0.25, 0.3) is 0 Å². The Labute approximate surface area is 136 Å². The first-order valence-electron chi connectivity index (χ1n) is 7.77. The summed E-state index contributed by atoms with van der Waals surface area (Å²) in [4.78, 5) is 11.3. The average molecular weight is 317 g/mol. The zero-order valence-corrected chi connectivity index (χ0v) is 13.6. The van der Waals surface area contributed by atoms with Crippen LogP contribution in [0.2, 0.25) is 5.02 Å². The second-order valence-electron chi connectivity index (χ2n) is 5.88. The SMILES string of the molecule is CC1CCCN(c2ccnc(NCc3ccccc3Cl)n2)C1. The van der Waals surface area contributed by atoms with Gasteiger partial charge in [-0.1, -0.05) is 36.7 Å². The molecule has 1 aliphatic rings. The van der Waals surface area contributed by atoms with Crippen LogP contribution in [-0.2, 0) is 6.54 Å². The van der Waals surface area contributed by atoms with E-state index in [2.05, 4.69) is 27.1 Å². The Morgan fingerprint density at radius 3 is 3.00 bits per heavy atom. The highest BCUT2D eigenvalue weighted by Gasteiger charge is 2.17.